The predicted octanol–water partition coefficient (Wildman–Crippen LogP) is -15.5. The molecule has 0 radical (unpaired) electrons. The molecule has 0 heterocycles. The van der Waals surface area contributed by atoms with Gasteiger partial charge in [-0.3, -0.25) is 27.5 Å². The third-order valence-electron chi connectivity index (χ3n) is 0. The molecular weight excluding hydrogens is 438 g/mol. The van der Waals surface area contributed by atoms with Crippen LogP contribution in [-0.4, -0.2) is 0 Å². The summed E-state index contributed by atoms with van der Waals surface area (Å²) in [7, 11) is 0. The van der Waals surface area contributed by atoms with E-state index in [-0.39, 0.29) is 17.1 Å². The third-order valence-corrected chi connectivity index (χ3v) is 0. The summed E-state index contributed by atoms with van der Waals surface area (Å²) in [5, 5.41) is 0. The molecule has 0 spiro atoms. The van der Waals surface area contributed by atoms with Crippen LogP contribution in [0.1, 0.15) is 0 Å². The van der Waals surface area contributed by atoms with E-state index in [0.29, 0.717) is 0 Å². The van der Waals surface area contributed by atoms with Crippen molar-refractivity contribution in [1.82, 2.24) is 0 Å². The van der Waals surface area contributed by atoms with Crippen molar-refractivity contribution in [1.29, 1.82) is 0 Å². The van der Waals surface area contributed by atoms with Crippen LogP contribution in [0.5, 0.6) is 0 Å². The van der Waals surface area contributed by atoms with Crippen molar-refractivity contribution in [3.63, 3.8) is 0 Å². The summed E-state index contributed by atoms with van der Waals surface area (Å²) >= 11 is -11.9. The minimum absolute atomic E-state index is 0. The summed E-state index contributed by atoms with van der Waals surface area (Å²) in [6, 6.07) is 0. The molecule has 11 heteroatoms. The van der Waals surface area contributed by atoms with E-state index in [1.165, 1.54) is 0 Å². The molecule has 0 aliphatic heterocycles. The predicted molar refractivity (Wildman–Crippen MR) is 0 cm³/mol. The summed E-state index contributed by atoms with van der Waals surface area (Å²) in [6.45, 7) is 0. The first-order chi connectivity index (χ1) is 4.00. The van der Waals surface area contributed by atoms with Crippen LogP contribution in [0.2, 0.25) is 0 Å². The van der Waals surface area contributed by atoms with Crippen LogP contribution in [0.15, 0.2) is 0 Å². The molecule has 0 aromatic rings. The molecule has 0 fully saturated rings. The first kappa shape index (κ1) is 18.4. The van der Waals surface area contributed by atoms with Crippen LogP contribution in [0, 0.1) is 0 Å². The average Bonchev–Trinajstić information content (AvgIpc) is 1.12. The van der Waals surface area contributed by atoms with Gasteiger partial charge in [0.25, 0.3) is 0 Å². The van der Waals surface area contributed by atoms with Gasteiger partial charge in [0, 0.05) is 0 Å². The largest absolute Gasteiger partial charge is 2.00 e. The Balaban J connectivity index is -0.000000107. The van der Waals surface area contributed by atoms with Crippen molar-refractivity contribution in [3.05, 3.63) is 0 Å². The van der Waals surface area contributed by atoms with Crippen LogP contribution in [0.3, 0.4) is 0 Å². The van der Waals surface area contributed by atoms with E-state index < -0.39 is 40.2 Å². The van der Waals surface area contributed by atoms with Crippen LogP contribution in [-0.2, 0) is 17.1 Å². The topological polar surface area (TPSA) is 184 Å². The van der Waals surface area contributed by atoms with E-state index in [1.54, 1.807) is 0 Å². The van der Waals surface area contributed by atoms with Crippen molar-refractivity contribution < 1.29 is 84.7 Å². The van der Waals surface area contributed by atoms with Crippen molar-refractivity contribution in [2.75, 3.05) is 0 Å². The van der Waals surface area contributed by atoms with Crippen LogP contribution in [0.4, 0.5) is 0 Å². The van der Waals surface area contributed by atoms with Crippen molar-refractivity contribution in [2.24, 2.45) is 0 Å². The van der Waals surface area contributed by atoms with E-state index in [0.717, 1.165) is 0 Å². The van der Waals surface area contributed by atoms with E-state index in [2.05, 4.69) is 0 Å². The fraction of sp³-hybridized carbons (Fsp3) is 0. The zero-order valence-electron chi connectivity index (χ0n) is 4.38. The molecule has 11 heavy (non-hydrogen) atoms. The Morgan fingerprint density at radius 2 is 0.455 bits per heavy atom. The zero-order chi connectivity index (χ0) is 9.00. The van der Waals surface area contributed by atoms with Gasteiger partial charge in [0.15, 0.2) is 0 Å². The molecule has 0 rings (SSSR count). The van der Waals surface area contributed by atoms with E-state index in [1.807, 2.05) is 0 Å². The molecule has 8 nitrogen and oxygen atoms in total. The van der Waals surface area contributed by atoms with Crippen LogP contribution >= 0.6 is 0 Å². The Morgan fingerprint density at radius 1 is 0.455 bits per heavy atom. The third kappa shape index (κ3) is 395. The van der Waals surface area contributed by atoms with Crippen LogP contribution < -0.4 is 67.7 Å². The Labute approximate surface area is 84.0 Å². The minimum Gasteiger partial charge on any atom is -0.286 e. The first-order valence-corrected chi connectivity index (χ1v) is 8.28. The van der Waals surface area contributed by atoms with E-state index >= 15 is 0 Å². The van der Waals surface area contributed by atoms with Gasteiger partial charge in [-0.05, 0) is 0 Å². The summed E-state index contributed by atoms with van der Waals surface area (Å²) in [5.41, 5.74) is 0. The summed E-state index contributed by atoms with van der Waals surface area (Å²) in [5.74, 6) is 0. The Hall–Kier alpha value is 1.66. The molecule has 0 saturated carbocycles. The van der Waals surface area contributed by atoms with Gasteiger partial charge >= 0.3 is 17.1 Å². The van der Waals surface area contributed by atoms with Crippen molar-refractivity contribution >= 4 is 0 Å². The molecule has 0 amide bonds. The van der Waals surface area contributed by atoms with Gasteiger partial charge < -0.3 is 0 Å². The van der Waals surface area contributed by atoms with Gasteiger partial charge in [0.1, 0.15) is 40.2 Å². The molecule has 0 aliphatic rings. The summed E-state index contributed by atoms with van der Waals surface area (Å²) < 4.78 is 68.9. The Bertz CT molecular complexity index is 55.1. The van der Waals surface area contributed by atoms with Gasteiger partial charge in [-0.15, -0.1) is 0 Å². The monoisotopic (exact) mass is 438 g/mol. The minimum atomic E-state index is -5.94. The maximum absolute atomic E-state index is 8.62. The number of hydrogen-bond acceptors (Lipinski definition) is 8. The average molecular weight is 438 g/mol. The first-order valence-electron chi connectivity index (χ1n) is 1.23. The summed E-state index contributed by atoms with van der Waals surface area (Å²) in [6.07, 6.45) is 0. The second kappa shape index (κ2) is 7.10. The maximum Gasteiger partial charge on any atom is 2.00 e. The maximum atomic E-state index is 8.62. The van der Waals surface area contributed by atoms with Crippen molar-refractivity contribution in [2.45, 2.75) is 0 Å². The molecule has 0 aliphatic carbocycles. The van der Waals surface area contributed by atoms with E-state index in [9.17, 15) is 0 Å². The van der Waals surface area contributed by atoms with Gasteiger partial charge in [-0.2, -0.15) is 0 Å². The number of rotatable bonds is 0. The molecule has 0 saturated heterocycles. The second-order valence-corrected chi connectivity index (χ2v) is 5.07. The number of hydrogen-bond donors (Lipinski definition) is 0. The normalized spacial score (nSPS) is 10.9. The molecule has 0 aromatic carbocycles. The molecule has 0 aromatic heterocycles. The van der Waals surface area contributed by atoms with Gasteiger partial charge in [-0.1, -0.05) is 0 Å². The molecule has 0 unspecified atom stereocenters. The Morgan fingerprint density at radius 3 is 0.455 bits per heavy atom. The smallest absolute Gasteiger partial charge is 0.286 e. The van der Waals surface area contributed by atoms with Crippen LogP contribution in [0.25, 0.3) is 0 Å². The quantitative estimate of drug-likeness (QED) is 0.264. The fourth-order valence-corrected chi connectivity index (χ4v) is 0. The fourth-order valence-electron chi connectivity index (χ4n) is 0. The SMILES string of the molecule is [Fe+2].[O-][I+3]([O-])([O-])[O-].[O-][I+3]([O-])([O-])[O-]. The van der Waals surface area contributed by atoms with E-state index in [4.69, 9.17) is 27.5 Å². The van der Waals surface area contributed by atoms with Gasteiger partial charge in [0.05, 0.1) is 0 Å². The summed E-state index contributed by atoms with van der Waals surface area (Å²) in [4.78, 5) is 0. The van der Waals surface area contributed by atoms with Gasteiger partial charge in [0.2, 0.25) is 0 Å². The van der Waals surface area contributed by atoms with Crippen molar-refractivity contribution in [3.8, 4) is 0 Å². The number of halogens is 2. The van der Waals surface area contributed by atoms with Gasteiger partial charge in [-0.25, -0.2) is 0 Å². The molecule has 70 valence electrons. The molecular formula is FeI2O8. The molecule has 0 N–H and O–H groups in total. The zero-order valence-corrected chi connectivity index (χ0v) is 9.79. The standard InChI is InChI=1S/Fe.2IO4/c;2*2-1(3,4)5/q+2;2*-1. The second-order valence-electron chi connectivity index (χ2n) is 0.756. The Kier molecular flexibility index (Phi) is 11.9. The molecule has 0 atom stereocenters. The molecule has 0 bridgehead atoms.